The normalized spacial score (nSPS) is 16.6. The maximum atomic E-state index is 12.8. The lowest BCUT2D eigenvalue weighted by Gasteiger charge is -2.26. The van der Waals surface area contributed by atoms with Gasteiger partial charge in [0.05, 0.1) is 0 Å². The van der Waals surface area contributed by atoms with Gasteiger partial charge in [0, 0.05) is 23.3 Å². The quantitative estimate of drug-likeness (QED) is 0.738. The van der Waals surface area contributed by atoms with Crippen LogP contribution >= 0.6 is 10.7 Å². The molecule has 118 valence electrons. The molecule has 2 rings (SSSR count). The fraction of sp³-hybridized carbons (Fsp3) is 0.538. The third-order valence-corrected chi connectivity index (χ3v) is 7.02. The first-order chi connectivity index (χ1) is 9.64. The van der Waals surface area contributed by atoms with E-state index in [1.165, 1.54) is 28.6 Å². The molecule has 0 bridgehead atoms. The lowest BCUT2D eigenvalue weighted by molar-refractivity contribution is 0.341. The van der Waals surface area contributed by atoms with Gasteiger partial charge in [-0.2, -0.15) is 4.31 Å². The monoisotopic (exact) mass is 351 g/mol. The van der Waals surface area contributed by atoms with Crippen molar-refractivity contribution in [2.75, 3.05) is 6.54 Å². The van der Waals surface area contributed by atoms with Crippen LogP contribution in [0.15, 0.2) is 34.1 Å². The Hall–Kier alpha value is -0.630. The molecule has 8 heteroatoms. The van der Waals surface area contributed by atoms with Crippen LogP contribution in [0.3, 0.4) is 0 Å². The van der Waals surface area contributed by atoms with E-state index in [4.69, 9.17) is 10.7 Å². The van der Waals surface area contributed by atoms with Crippen LogP contribution in [0.2, 0.25) is 0 Å². The summed E-state index contributed by atoms with van der Waals surface area (Å²) in [7, 11) is -2.66. The molecule has 0 radical (unpaired) electrons. The van der Waals surface area contributed by atoms with Crippen LogP contribution in [0.1, 0.15) is 26.7 Å². The van der Waals surface area contributed by atoms with E-state index in [0.29, 0.717) is 12.5 Å². The highest BCUT2D eigenvalue weighted by molar-refractivity contribution is 8.14. The van der Waals surface area contributed by atoms with Gasteiger partial charge in [0.25, 0.3) is 9.05 Å². The summed E-state index contributed by atoms with van der Waals surface area (Å²) in [6.45, 7) is 3.96. The van der Waals surface area contributed by atoms with E-state index >= 15 is 0 Å². The second kappa shape index (κ2) is 5.87. The minimum Gasteiger partial charge on any atom is -0.207 e. The fourth-order valence-electron chi connectivity index (χ4n) is 2.13. The molecule has 1 aliphatic carbocycles. The zero-order chi connectivity index (χ0) is 15.8. The van der Waals surface area contributed by atoms with E-state index < -0.39 is 19.1 Å². The van der Waals surface area contributed by atoms with E-state index in [1.807, 2.05) is 0 Å². The predicted octanol–water partition coefficient (Wildman–Crippen LogP) is 2.42. The third kappa shape index (κ3) is 3.77. The summed E-state index contributed by atoms with van der Waals surface area (Å²) >= 11 is 0. The molecule has 1 fully saturated rings. The Bertz CT molecular complexity index is 724. The van der Waals surface area contributed by atoms with Gasteiger partial charge in [0.2, 0.25) is 10.0 Å². The lowest BCUT2D eigenvalue weighted by atomic mass is 10.3. The number of hydrogen-bond donors (Lipinski definition) is 0. The molecule has 1 aliphatic rings. The standard InChI is InChI=1S/C13H18ClNO4S2/c1-10(2)15(9-11-7-8-11)21(18,19)13-6-4-3-5-12(13)20(14,16)17/h3-6,10-11H,7-9H2,1-2H3. The highest BCUT2D eigenvalue weighted by Crippen LogP contribution is 2.34. The van der Waals surface area contributed by atoms with Gasteiger partial charge in [-0.1, -0.05) is 12.1 Å². The average Bonchev–Trinajstić information content (AvgIpc) is 3.18. The van der Waals surface area contributed by atoms with Crippen molar-refractivity contribution >= 4 is 29.8 Å². The third-order valence-electron chi connectivity index (χ3n) is 3.41. The molecule has 21 heavy (non-hydrogen) atoms. The van der Waals surface area contributed by atoms with Crippen LogP contribution in [0, 0.1) is 5.92 Å². The summed E-state index contributed by atoms with van der Waals surface area (Å²) in [5.74, 6) is 0.363. The zero-order valence-corrected chi connectivity index (χ0v) is 14.2. The maximum Gasteiger partial charge on any atom is 0.262 e. The number of hydrogen-bond acceptors (Lipinski definition) is 4. The van der Waals surface area contributed by atoms with Crippen LogP contribution in [0.5, 0.6) is 0 Å². The molecule has 1 aromatic carbocycles. The molecule has 5 nitrogen and oxygen atoms in total. The highest BCUT2D eigenvalue weighted by Gasteiger charge is 2.35. The second-order valence-corrected chi connectivity index (χ2v) is 9.89. The smallest absolute Gasteiger partial charge is 0.207 e. The van der Waals surface area contributed by atoms with Crippen molar-refractivity contribution in [1.82, 2.24) is 4.31 Å². The highest BCUT2D eigenvalue weighted by atomic mass is 35.7. The van der Waals surface area contributed by atoms with Crippen molar-refractivity contribution in [3.05, 3.63) is 24.3 Å². The molecule has 1 aromatic rings. The molecule has 0 aliphatic heterocycles. The van der Waals surface area contributed by atoms with Crippen LogP contribution in [0.4, 0.5) is 0 Å². The van der Waals surface area contributed by atoms with Gasteiger partial charge < -0.3 is 0 Å². The second-order valence-electron chi connectivity index (χ2n) is 5.50. The van der Waals surface area contributed by atoms with Crippen LogP contribution in [-0.2, 0) is 19.1 Å². The molecule has 0 atom stereocenters. The van der Waals surface area contributed by atoms with Crippen LogP contribution in [-0.4, -0.2) is 33.7 Å². The minimum absolute atomic E-state index is 0.248. The van der Waals surface area contributed by atoms with E-state index in [9.17, 15) is 16.8 Å². The Morgan fingerprint density at radius 3 is 2.10 bits per heavy atom. The Morgan fingerprint density at radius 1 is 1.14 bits per heavy atom. The summed E-state index contributed by atoms with van der Waals surface area (Å²) < 4.78 is 50.2. The number of nitrogens with zero attached hydrogens (tertiary/aromatic N) is 1. The first kappa shape index (κ1) is 16.7. The summed E-state index contributed by atoms with van der Waals surface area (Å²) in [5, 5.41) is 0. The molecule has 0 heterocycles. The number of benzene rings is 1. The lowest BCUT2D eigenvalue weighted by Crippen LogP contribution is -2.38. The van der Waals surface area contributed by atoms with Crippen LogP contribution in [0.25, 0.3) is 0 Å². The summed E-state index contributed by atoms with van der Waals surface area (Å²) in [6, 6.07) is 5.20. The molecular formula is C13H18ClNO4S2. The SMILES string of the molecule is CC(C)N(CC1CC1)S(=O)(=O)c1ccccc1S(=O)(=O)Cl. The summed E-state index contributed by atoms with van der Waals surface area (Å²) in [6.07, 6.45) is 2.02. The summed E-state index contributed by atoms with van der Waals surface area (Å²) in [4.78, 5) is -0.623. The number of sulfonamides is 1. The maximum absolute atomic E-state index is 12.8. The average molecular weight is 352 g/mol. The first-order valence-electron chi connectivity index (χ1n) is 6.69. The van der Waals surface area contributed by atoms with Gasteiger partial charge >= 0.3 is 0 Å². The van der Waals surface area contributed by atoms with Gasteiger partial charge in [-0.15, -0.1) is 0 Å². The Morgan fingerprint density at radius 2 is 1.67 bits per heavy atom. The number of halogens is 1. The molecule has 1 saturated carbocycles. The van der Waals surface area contributed by atoms with Gasteiger partial charge in [-0.25, -0.2) is 16.8 Å². The molecular weight excluding hydrogens is 334 g/mol. The largest absolute Gasteiger partial charge is 0.262 e. The fourth-order valence-corrected chi connectivity index (χ4v) is 5.66. The molecule has 0 N–H and O–H groups in total. The number of rotatable bonds is 6. The molecule has 0 amide bonds. The minimum atomic E-state index is -4.12. The zero-order valence-electron chi connectivity index (χ0n) is 11.9. The van der Waals surface area contributed by atoms with E-state index in [2.05, 4.69) is 0 Å². The molecule has 0 aromatic heterocycles. The van der Waals surface area contributed by atoms with Gasteiger partial charge in [0.1, 0.15) is 9.79 Å². The summed E-state index contributed by atoms with van der Waals surface area (Å²) in [5.41, 5.74) is 0. The Balaban J connectivity index is 2.52. The predicted molar refractivity (Wildman–Crippen MR) is 81.2 cm³/mol. The topological polar surface area (TPSA) is 71.5 Å². The van der Waals surface area contributed by atoms with E-state index in [-0.39, 0.29) is 15.8 Å². The van der Waals surface area contributed by atoms with Crippen molar-refractivity contribution in [3.8, 4) is 0 Å². The first-order valence-corrected chi connectivity index (χ1v) is 10.4. The van der Waals surface area contributed by atoms with E-state index in [1.54, 1.807) is 13.8 Å². The van der Waals surface area contributed by atoms with Crippen LogP contribution < -0.4 is 0 Å². The molecule has 0 saturated heterocycles. The van der Waals surface area contributed by atoms with Gasteiger partial charge in [-0.3, -0.25) is 0 Å². The Kier molecular flexibility index (Phi) is 4.68. The molecule has 0 spiro atoms. The van der Waals surface area contributed by atoms with Crippen molar-refractivity contribution in [2.24, 2.45) is 5.92 Å². The van der Waals surface area contributed by atoms with Crippen molar-refractivity contribution in [2.45, 2.75) is 42.5 Å². The van der Waals surface area contributed by atoms with Crippen molar-refractivity contribution < 1.29 is 16.8 Å². The van der Waals surface area contributed by atoms with Crippen molar-refractivity contribution in [1.29, 1.82) is 0 Å². The van der Waals surface area contributed by atoms with Gasteiger partial charge in [0.15, 0.2) is 0 Å². The molecule has 0 unspecified atom stereocenters. The Labute approximate surface area is 130 Å². The van der Waals surface area contributed by atoms with Crippen molar-refractivity contribution in [3.63, 3.8) is 0 Å². The van der Waals surface area contributed by atoms with E-state index in [0.717, 1.165) is 12.8 Å². The van der Waals surface area contributed by atoms with Gasteiger partial charge in [-0.05, 0) is 44.7 Å².